The van der Waals surface area contributed by atoms with Gasteiger partial charge in [0.1, 0.15) is 12.4 Å². The number of carbonyl (C=O) groups excluding carboxylic acids is 1. The molecule has 0 bridgehead atoms. The molecule has 1 aliphatic heterocycles. The van der Waals surface area contributed by atoms with Crippen LogP contribution in [0.4, 0.5) is 0 Å². The molecule has 1 amide bonds. The molecule has 11 heavy (non-hydrogen) atoms. The van der Waals surface area contributed by atoms with E-state index in [0.717, 1.165) is 5.84 Å². The second kappa shape index (κ2) is 2.32. The van der Waals surface area contributed by atoms with Crippen molar-refractivity contribution < 1.29 is 4.79 Å². The Morgan fingerprint density at radius 1 is 1.45 bits per heavy atom. The summed E-state index contributed by atoms with van der Waals surface area (Å²) in [7, 11) is 1.78. The lowest BCUT2D eigenvalue weighted by Crippen LogP contribution is -2.36. The maximum atomic E-state index is 11.0. The van der Waals surface area contributed by atoms with E-state index in [1.807, 2.05) is 0 Å². The zero-order valence-electron chi connectivity index (χ0n) is 7.51. The molecule has 0 aromatic heterocycles. The van der Waals surface area contributed by atoms with Crippen LogP contribution in [-0.4, -0.2) is 30.2 Å². The largest absolute Gasteiger partial charge is 0.302 e. The molecule has 0 atom stereocenters. The summed E-state index contributed by atoms with van der Waals surface area (Å²) in [4.78, 5) is 16.8. The van der Waals surface area contributed by atoms with Crippen LogP contribution in [-0.2, 0) is 4.79 Å². The number of likely N-dealkylation sites (N-methyl/N-ethyl adjacent to an activating group) is 1. The quantitative estimate of drug-likeness (QED) is 0.510. The van der Waals surface area contributed by atoms with Crippen molar-refractivity contribution in [1.29, 1.82) is 0 Å². The Labute approximate surface area is 67.1 Å². The van der Waals surface area contributed by atoms with Gasteiger partial charge in [-0.05, 0) is 0 Å². The van der Waals surface area contributed by atoms with Gasteiger partial charge in [-0.15, -0.1) is 0 Å². The van der Waals surface area contributed by atoms with E-state index in [-0.39, 0.29) is 11.3 Å². The molecule has 0 fully saturated rings. The molecule has 3 heteroatoms. The van der Waals surface area contributed by atoms with Crippen molar-refractivity contribution in [1.82, 2.24) is 4.90 Å². The molecule has 0 unspecified atom stereocenters. The Bertz CT molecular complexity index is 213. The number of nitrogens with zero attached hydrogens (tertiary/aromatic N) is 2. The van der Waals surface area contributed by atoms with E-state index in [2.05, 4.69) is 25.8 Å². The minimum atomic E-state index is -0.0130. The molecule has 1 rings (SSSR count). The van der Waals surface area contributed by atoms with Crippen LogP contribution in [0.5, 0.6) is 0 Å². The molecule has 0 spiro atoms. The fraction of sp³-hybridized carbons (Fsp3) is 0.750. The predicted octanol–water partition coefficient (Wildman–Crippen LogP) is 0.903. The second-order valence-corrected chi connectivity index (χ2v) is 3.84. The Balaban J connectivity index is 2.84. The lowest BCUT2D eigenvalue weighted by atomic mass is 9.94. The molecule has 0 N–H and O–H groups in total. The van der Waals surface area contributed by atoms with Crippen LogP contribution in [0.1, 0.15) is 20.8 Å². The Morgan fingerprint density at radius 2 is 2.00 bits per heavy atom. The van der Waals surface area contributed by atoms with Gasteiger partial charge in [0.25, 0.3) is 0 Å². The first-order valence-corrected chi connectivity index (χ1v) is 3.74. The molecule has 3 nitrogen and oxygen atoms in total. The van der Waals surface area contributed by atoms with Crippen molar-refractivity contribution in [3.63, 3.8) is 0 Å². The van der Waals surface area contributed by atoms with Gasteiger partial charge in [0, 0.05) is 12.5 Å². The van der Waals surface area contributed by atoms with Crippen LogP contribution in [0.3, 0.4) is 0 Å². The molecule has 1 heterocycles. The highest BCUT2D eigenvalue weighted by Crippen LogP contribution is 2.21. The van der Waals surface area contributed by atoms with Crippen LogP contribution < -0.4 is 0 Å². The van der Waals surface area contributed by atoms with Gasteiger partial charge in [-0.2, -0.15) is 0 Å². The molecule has 0 aliphatic carbocycles. The van der Waals surface area contributed by atoms with E-state index in [9.17, 15) is 4.79 Å². The summed E-state index contributed by atoms with van der Waals surface area (Å²) in [5, 5.41) is 0. The number of carbonyl (C=O) groups is 1. The maximum absolute atomic E-state index is 11.0. The molecule has 0 saturated heterocycles. The van der Waals surface area contributed by atoms with Crippen molar-refractivity contribution in [3.05, 3.63) is 0 Å². The number of rotatable bonds is 0. The van der Waals surface area contributed by atoms with E-state index in [1.165, 1.54) is 0 Å². The van der Waals surface area contributed by atoms with Gasteiger partial charge >= 0.3 is 0 Å². The van der Waals surface area contributed by atoms with E-state index in [1.54, 1.807) is 11.9 Å². The van der Waals surface area contributed by atoms with Crippen molar-refractivity contribution in [3.8, 4) is 0 Å². The lowest BCUT2D eigenvalue weighted by Gasteiger charge is -2.24. The van der Waals surface area contributed by atoms with Crippen molar-refractivity contribution >= 4 is 11.7 Å². The third-order valence-corrected chi connectivity index (χ3v) is 1.73. The maximum Gasteiger partial charge on any atom is 0.249 e. The van der Waals surface area contributed by atoms with Gasteiger partial charge in [0.2, 0.25) is 5.91 Å². The molecular weight excluding hydrogens is 140 g/mol. The SMILES string of the molecule is CN1C(=O)CN=C1C(C)(C)C. The first kappa shape index (κ1) is 8.24. The van der Waals surface area contributed by atoms with E-state index >= 15 is 0 Å². The van der Waals surface area contributed by atoms with Crippen molar-refractivity contribution in [2.45, 2.75) is 20.8 Å². The molecule has 0 aromatic rings. The number of amides is 1. The van der Waals surface area contributed by atoms with Gasteiger partial charge in [-0.1, -0.05) is 20.8 Å². The second-order valence-electron chi connectivity index (χ2n) is 3.84. The van der Waals surface area contributed by atoms with Gasteiger partial charge in [0.05, 0.1) is 0 Å². The monoisotopic (exact) mass is 154 g/mol. The highest BCUT2D eigenvalue weighted by molar-refractivity contribution is 6.05. The van der Waals surface area contributed by atoms with Crippen LogP contribution in [0, 0.1) is 5.41 Å². The van der Waals surface area contributed by atoms with Crippen LogP contribution >= 0.6 is 0 Å². The summed E-state index contributed by atoms with van der Waals surface area (Å²) < 4.78 is 0. The highest BCUT2D eigenvalue weighted by Gasteiger charge is 2.30. The van der Waals surface area contributed by atoms with Crippen LogP contribution in [0.25, 0.3) is 0 Å². The average Bonchev–Trinajstić information content (AvgIpc) is 2.11. The third kappa shape index (κ3) is 1.42. The summed E-state index contributed by atoms with van der Waals surface area (Å²) in [6.45, 7) is 6.49. The first-order valence-electron chi connectivity index (χ1n) is 3.74. The molecule has 0 aromatic carbocycles. The first-order chi connectivity index (χ1) is 4.93. The summed E-state index contributed by atoms with van der Waals surface area (Å²) in [5.74, 6) is 0.984. The Hall–Kier alpha value is -0.860. The fourth-order valence-electron chi connectivity index (χ4n) is 1.21. The summed E-state index contributed by atoms with van der Waals surface area (Å²) >= 11 is 0. The standard InChI is InChI=1S/C8H14N2O/c1-8(2,3)7-9-5-6(11)10(7)4/h5H2,1-4H3. The minimum absolute atomic E-state index is 0.0130. The zero-order valence-corrected chi connectivity index (χ0v) is 7.51. The molecule has 62 valence electrons. The third-order valence-electron chi connectivity index (χ3n) is 1.73. The van der Waals surface area contributed by atoms with Crippen molar-refractivity contribution in [2.24, 2.45) is 10.4 Å². The van der Waals surface area contributed by atoms with Gasteiger partial charge in [-0.3, -0.25) is 9.79 Å². The molecule has 0 radical (unpaired) electrons. The topological polar surface area (TPSA) is 32.7 Å². The van der Waals surface area contributed by atoms with Crippen molar-refractivity contribution in [2.75, 3.05) is 13.6 Å². The minimum Gasteiger partial charge on any atom is -0.302 e. The fourth-order valence-corrected chi connectivity index (χ4v) is 1.21. The molecular formula is C8H14N2O. The highest BCUT2D eigenvalue weighted by atomic mass is 16.2. The normalized spacial score (nSPS) is 19.1. The Kier molecular flexibility index (Phi) is 1.74. The van der Waals surface area contributed by atoms with Gasteiger partial charge < -0.3 is 4.90 Å². The van der Waals surface area contributed by atoms with Crippen LogP contribution in [0.2, 0.25) is 0 Å². The summed E-state index contributed by atoms with van der Waals surface area (Å²) in [6.07, 6.45) is 0. The summed E-state index contributed by atoms with van der Waals surface area (Å²) in [6, 6.07) is 0. The lowest BCUT2D eigenvalue weighted by molar-refractivity contribution is -0.124. The number of aliphatic imine (C=N–C) groups is 1. The smallest absolute Gasteiger partial charge is 0.249 e. The molecule has 0 saturated carbocycles. The zero-order chi connectivity index (χ0) is 8.65. The number of amidine groups is 1. The van der Waals surface area contributed by atoms with Gasteiger partial charge in [0.15, 0.2) is 0 Å². The Morgan fingerprint density at radius 3 is 2.18 bits per heavy atom. The average molecular weight is 154 g/mol. The van der Waals surface area contributed by atoms with E-state index in [4.69, 9.17) is 0 Å². The predicted molar refractivity (Wildman–Crippen MR) is 44.5 cm³/mol. The molecule has 1 aliphatic rings. The van der Waals surface area contributed by atoms with E-state index < -0.39 is 0 Å². The van der Waals surface area contributed by atoms with E-state index in [0.29, 0.717) is 6.54 Å². The number of hydrogen-bond donors (Lipinski definition) is 0. The number of hydrogen-bond acceptors (Lipinski definition) is 2. The van der Waals surface area contributed by atoms with Gasteiger partial charge in [-0.25, -0.2) is 0 Å². The summed E-state index contributed by atoms with van der Waals surface area (Å²) in [5.41, 5.74) is -0.0130. The van der Waals surface area contributed by atoms with Crippen LogP contribution in [0.15, 0.2) is 4.99 Å².